The third-order valence-electron chi connectivity index (χ3n) is 5.67. The van der Waals surface area contributed by atoms with Crippen LogP contribution in [0.1, 0.15) is 47.2 Å². The Morgan fingerprint density at radius 2 is 1.73 bits per heavy atom. The molecule has 3 rings (SSSR count). The number of rotatable bonds is 8. The van der Waals surface area contributed by atoms with Crippen LogP contribution in [0.15, 0.2) is 47.4 Å². The van der Waals surface area contributed by atoms with Gasteiger partial charge in [-0.3, -0.25) is 4.79 Å². The molecule has 33 heavy (non-hydrogen) atoms. The Morgan fingerprint density at radius 3 is 2.39 bits per heavy atom. The molecule has 0 unspecified atom stereocenters. The normalized spacial score (nSPS) is 14.8. The highest BCUT2D eigenvalue weighted by Crippen LogP contribution is 2.26. The van der Waals surface area contributed by atoms with Gasteiger partial charge >= 0.3 is 5.97 Å². The number of esters is 1. The van der Waals surface area contributed by atoms with Crippen LogP contribution in [0.25, 0.3) is 0 Å². The van der Waals surface area contributed by atoms with E-state index in [4.69, 9.17) is 9.47 Å². The number of ether oxygens (including phenoxy) is 2. The van der Waals surface area contributed by atoms with E-state index in [1.54, 1.807) is 0 Å². The van der Waals surface area contributed by atoms with Crippen LogP contribution in [-0.2, 0) is 26.1 Å². The third-order valence-corrected chi connectivity index (χ3v) is 7.56. The van der Waals surface area contributed by atoms with Crippen LogP contribution >= 0.6 is 0 Å². The van der Waals surface area contributed by atoms with Crippen LogP contribution < -0.4 is 10.1 Å². The minimum Gasteiger partial charge on any atom is -0.496 e. The van der Waals surface area contributed by atoms with Crippen molar-refractivity contribution in [1.29, 1.82) is 0 Å². The lowest BCUT2D eigenvalue weighted by Gasteiger charge is -2.20. The quantitative estimate of drug-likeness (QED) is 0.590. The van der Waals surface area contributed by atoms with Gasteiger partial charge in [0.05, 0.1) is 12.0 Å². The molecule has 1 amide bonds. The van der Waals surface area contributed by atoms with E-state index in [1.807, 2.05) is 31.2 Å². The molecule has 2 aromatic carbocycles. The average molecular weight is 475 g/mol. The Morgan fingerprint density at radius 1 is 1.03 bits per heavy atom. The molecule has 0 bridgehead atoms. The van der Waals surface area contributed by atoms with Gasteiger partial charge in [-0.15, -0.1) is 0 Å². The molecule has 0 atom stereocenters. The molecule has 0 saturated carbocycles. The number of carbonyl (C=O) groups is 2. The highest BCUT2D eigenvalue weighted by Gasteiger charge is 2.27. The smallest absolute Gasteiger partial charge is 0.342 e. The standard InChI is InChI=1S/C24H30N2O6S/c1-18-9-5-6-10-19(18)16-25-23(27)17-32-24(28)21-15-20(11-12-22(21)31-2)33(29,30)26-13-7-3-4-8-14-26/h5-6,9-12,15H,3-4,7-8,13-14,16-17H2,1-2H3,(H,25,27). The molecule has 0 radical (unpaired) electrons. The molecule has 1 aliphatic rings. The second-order valence-electron chi connectivity index (χ2n) is 7.96. The number of carbonyl (C=O) groups excluding carboxylic acids is 2. The lowest BCUT2D eigenvalue weighted by atomic mass is 10.1. The number of hydrogen-bond donors (Lipinski definition) is 1. The first-order valence-electron chi connectivity index (χ1n) is 11.0. The van der Waals surface area contributed by atoms with Gasteiger partial charge in [-0.25, -0.2) is 13.2 Å². The van der Waals surface area contributed by atoms with E-state index >= 15 is 0 Å². The van der Waals surface area contributed by atoms with Crippen LogP contribution in [0.3, 0.4) is 0 Å². The zero-order chi connectivity index (χ0) is 23.8. The van der Waals surface area contributed by atoms with E-state index < -0.39 is 28.5 Å². The molecule has 9 heteroatoms. The molecule has 2 aromatic rings. The van der Waals surface area contributed by atoms with Crippen molar-refractivity contribution >= 4 is 21.9 Å². The van der Waals surface area contributed by atoms with Crippen LogP contribution in [0, 0.1) is 6.92 Å². The van der Waals surface area contributed by atoms with E-state index in [9.17, 15) is 18.0 Å². The van der Waals surface area contributed by atoms with E-state index in [2.05, 4.69) is 5.32 Å². The summed E-state index contributed by atoms with van der Waals surface area (Å²) in [7, 11) is -2.37. The number of hydrogen-bond acceptors (Lipinski definition) is 6. The number of nitrogens with one attached hydrogen (secondary N) is 1. The van der Waals surface area contributed by atoms with Gasteiger partial charge < -0.3 is 14.8 Å². The van der Waals surface area contributed by atoms with Gasteiger partial charge in [0.15, 0.2) is 6.61 Å². The van der Waals surface area contributed by atoms with Crippen LogP contribution in [0.4, 0.5) is 0 Å². The van der Waals surface area contributed by atoms with Crippen molar-refractivity contribution in [2.75, 3.05) is 26.8 Å². The second kappa shape index (κ2) is 11.3. The number of amides is 1. The van der Waals surface area contributed by atoms with Crippen molar-refractivity contribution < 1.29 is 27.5 Å². The average Bonchev–Trinajstić information content (AvgIpc) is 3.12. The molecular formula is C24H30N2O6S. The predicted octanol–water partition coefficient (Wildman–Crippen LogP) is 3.04. The van der Waals surface area contributed by atoms with E-state index in [-0.39, 0.29) is 16.2 Å². The highest BCUT2D eigenvalue weighted by molar-refractivity contribution is 7.89. The summed E-state index contributed by atoms with van der Waals surface area (Å²) in [6.07, 6.45) is 3.61. The zero-order valence-corrected chi connectivity index (χ0v) is 19.8. The first-order chi connectivity index (χ1) is 15.8. The Kier molecular flexibility index (Phi) is 8.46. The molecule has 8 nitrogen and oxygen atoms in total. The van der Waals surface area contributed by atoms with Gasteiger partial charge in [-0.2, -0.15) is 4.31 Å². The molecule has 1 aliphatic heterocycles. The topological polar surface area (TPSA) is 102 Å². The summed E-state index contributed by atoms with van der Waals surface area (Å²) in [5.74, 6) is -1.11. The lowest BCUT2D eigenvalue weighted by molar-refractivity contribution is -0.124. The van der Waals surface area contributed by atoms with E-state index in [0.717, 1.165) is 36.8 Å². The van der Waals surface area contributed by atoms with Crippen molar-refractivity contribution in [2.24, 2.45) is 0 Å². The van der Waals surface area contributed by atoms with Gasteiger partial charge in [0.25, 0.3) is 5.91 Å². The Labute approximate surface area is 194 Å². The van der Waals surface area contributed by atoms with Crippen LogP contribution in [-0.4, -0.2) is 51.4 Å². The van der Waals surface area contributed by atoms with Crippen molar-refractivity contribution in [3.8, 4) is 5.75 Å². The Balaban J connectivity index is 1.67. The van der Waals surface area contributed by atoms with Crippen molar-refractivity contribution in [1.82, 2.24) is 9.62 Å². The Bertz CT molecular complexity index is 1090. The Hall–Kier alpha value is -2.91. The van der Waals surface area contributed by atoms with Crippen LogP contribution in [0.2, 0.25) is 0 Å². The molecule has 0 aliphatic carbocycles. The summed E-state index contributed by atoms with van der Waals surface area (Å²) in [6, 6.07) is 11.8. The summed E-state index contributed by atoms with van der Waals surface area (Å²) in [5.41, 5.74) is 1.97. The highest BCUT2D eigenvalue weighted by atomic mass is 32.2. The van der Waals surface area contributed by atoms with Gasteiger partial charge in [0.2, 0.25) is 10.0 Å². The van der Waals surface area contributed by atoms with Crippen LogP contribution in [0.5, 0.6) is 5.75 Å². The number of methoxy groups -OCH3 is 1. The first-order valence-corrected chi connectivity index (χ1v) is 12.4. The SMILES string of the molecule is COc1ccc(S(=O)(=O)N2CCCCCC2)cc1C(=O)OCC(=O)NCc1ccccc1C. The fraction of sp³-hybridized carbons (Fsp3) is 0.417. The fourth-order valence-corrected chi connectivity index (χ4v) is 5.24. The maximum atomic E-state index is 13.1. The summed E-state index contributed by atoms with van der Waals surface area (Å²) < 4.78 is 38.0. The minimum atomic E-state index is -3.75. The molecule has 0 aromatic heterocycles. The molecular weight excluding hydrogens is 444 g/mol. The summed E-state index contributed by atoms with van der Waals surface area (Å²) in [5, 5.41) is 2.71. The largest absolute Gasteiger partial charge is 0.496 e. The molecule has 0 spiro atoms. The van der Waals surface area contributed by atoms with Gasteiger partial charge in [0.1, 0.15) is 11.3 Å². The van der Waals surface area contributed by atoms with Gasteiger partial charge in [-0.1, -0.05) is 37.1 Å². The summed E-state index contributed by atoms with van der Waals surface area (Å²) >= 11 is 0. The number of sulfonamides is 1. The maximum absolute atomic E-state index is 13.1. The summed E-state index contributed by atoms with van der Waals surface area (Å²) in [4.78, 5) is 24.8. The maximum Gasteiger partial charge on any atom is 0.342 e. The molecule has 1 fully saturated rings. The molecule has 1 N–H and O–H groups in total. The van der Waals surface area contributed by atoms with Crippen molar-refractivity contribution in [2.45, 2.75) is 44.0 Å². The van der Waals surface area contributed by atoms with Gasteiger partial charge in [0, 0.05) is 19.6 Å². The van der Waals surface area contributed by atoms with Crippen molar-refractivity contribution in [3.63, 3.8) is 0 Å². The zero-order valence-electron chi connectivity index (χ0n) is 19.0. The molecule has 1 saturated heterocycles. The lowest BCUT2D eigenvalue weighted by Crippen LogP contribution is -2.32. The second-order valence-corrected chi connectivity index (χ2v) is 9.90. The monoisotopic (exact) mass is 474 g/mol. The first kappa shape index (κ1) is 24.7. The molecule has 1 heterocycles. The molecule has 178 valence electrons. The van der Waals surface area contributed by atoms with E-state index in [0.29, 0.717) is 19.6 Å². The number of nitrogens with zero attached hydrogens (tertiary/aromatic N) is 1. The van der Waals surface area contributed by atoms with Crippen molar-refractivity contribution in [3.05, 3.63) is 59.2 Å². The minimum absolute atomic E-state index is 0.00107. The fourth-order valence-electron chi connectivity index (χ4n) is 3.70. The predicted molar refractivity (Wildman–Crippen MR) is 124 cm³/mol. The number of aryl methyl sites for hydroxylation is 1. The van der Waals surface area contributed by atoms with Gasteiger partial charge in [-0.05, 0) is 49.1 Å². The third kappa shape index (κ3) is 6.33. The summed E-state index contributed by atoms with van der Waals surface area (Å²) in [6.45, 7) is 2.68. The number of benzene rings is 2. The van der Waals surface area contributed by atoms with E-state index in [1.165, 1.54) is 29.6 Å².